The monoisotopic (exact) mass is 384 g/mol. The van der Waals surface area contributed by atoms with Gasteiger partial charge in [-0.25, -0.2) is 4.68 Å². The lowest BCUT2D eigenvalue weighted by Gasteiger charge is -2.32. The number of carbonyl (C=O) groups is 1. The molecule has 4 rings (SSSR count). The van der Waals surface area contributed by atoms with Crippen LogP contribution in [-0.4, -0.2) is 68.2 Å². The highest BCUT2D eigenvalue weighted by Gasteiger charge is 2.25. The number of rotatable bonds is 6. The van der Waals surface area contributed by atoms with Gasteiger partial charge in [-0.15, -0.1) is 5.10 Å². The highest BCUT2D eigenvalue weighted by atomic mass is 16.5. The minimum Gasteiger partial charge on any atom is -0.490 e. The van der Waals surface area contributed by atoms with E-state index < -0.39 is 0 Å². The molecule has 0 spiro atoms. The summed E-state index contributed by atoms with van der Waals surface area (Å²) in [7, 11) is 0. The SMILES string of the molecule is Cc1cccc(OC2CCN(C(=O)Cn3nnnc3CN3CCCC3)CC2)c1. The van der Waals surface area contributed by atoms with E-state index in [-0.39, 0.29) is 18.6 Å². The van der Waals surface area contributed by atoms with Gasteiger partial charge >= 0.3 is 0 Å². The summed E-state index contributed by atoms with van der Waals surface area (Å²) in [4.78, 5) is 17.0. The Morgan fingerprint density at radius 3 is 2.71 bits per heavy atom. The fourth-order valence-electron chi connectivity index (χ4n) is 3.93. The summed E-state index contributed by atoms with van der Waals surface area (Å²) in [5, 5.41) is 11.9. The Bertz CT molecular complexity index is 793. The lowest BCUT2D eigenvalue weighted by Crippen LogP contribution is -2.43. The minimum absolute atomic E-state index is 0.0731. The molecular formula is C20H28N6O2. The first-order valence-corrected chi connectivity index (χ1v) is 10.2. The number of carbonyl (C=O) groups excluding carboxylic acids is 1. The quantitative estimate of drug-likeness (QED) is 0.754. The summed E-state index contributed by atoms with van der Waals surface area (Å²) < 4.78 is 7.73. The Morgan fingerprint density at radius 1 is 1.18 bits per heavy atom. The van der Waals surface area contributed by atoms with Crippen LogP contribution < -0.4 is 4.74 Å². The zero-order valence-electron chi connectivity index (χ0n) is 16.5. The maximum Gasteiger partial charge on any atom is 0.244 e. The molecule has 0 bridgehead atoms. The Kier molecular flexibility index (Phi) is 5.85. The number of nitrogens with zero attached hydrogens (tertiary/aromatic N) is 6. The third kappa shape index (κ3) is 4.67. The Morgan fingerprint density at radius 2 is 1.96 bits per heavy atom. The van der Waals surface area contributed by atoms with Gasteiger partial charge in [0.2, 0.25) is 5.91 Å². The van der Waals surface area contributed by atoms with Gasteiger partial charge in [-0.3, -0.25) is 9.69 Å². The lowest BCUT2D eigenvalue weighted by atomic mass is 10.1. The highest BCUT2D eigenvalue weighted by Crippen LogP contribution is 2.20. The number of aromatic nitrogens is 4. The predicted molar refractivity (Wildman–Crippen MR) is 104 cm³/mol. The highest BCUT2D eigenvalue weighted by molar-refractivity contribution is 5.76. The number of hydrogen-bond acceptors (Lipinski definition) is 6. The van der Waals surface area contributed by atoms with Gasteiger partial charge in [-0.05, 0) is 61.0 Å². The molecule has 8 heteroatoms. The molecule has 0 unspecified atom stereocenters. The average molecular weight is 384 g/mol. The molecule has 1 aromatic carbocycles. The summed E-state index contributed by atoms with van der Waals surface area (Å²) in [5.74, 6) is 1.75. The van der Waals surface area contributed by atoms with Crippen molar-refractivity contribution in [2.75, 3.05) is 26.2 Å². The van der Waals surface area contributed by atoms with E-state index in [0.717, 1.165) is 37.5 Å². The zero-order chi connectivity index (χ0) is 19.3. The molecule has 0 aliphatic carbocycles. The maximum absolute atomic E-state index is 12.7. The van der Waals surface area contributed by atoms with E-state index in [9.17, 15) is 4.79 Å². The van der Waals surface area contributed by atoms with Gasteiger partial charge in [0.15, 0.2) is 5.82 Å². The number of ether oxygens (including phenoxy) is 1. The average Bonchev–Trinajstić information content (AvgIpc) is 3.35. The molecule has 150 valence electrons. The molecule has 2 aliphatic heterocycles. The van der Waals surface area contributed by atoms with Crippen LogP contribution in [0.1, 0.15) is 37.1 Å². The molecule has 2 fully saturated rings. The molecule has 2 aromatic rings. The summed E-state index contributed by atoms with van der Waals surface area (Å²) >= 11 is 0. The van der Waals surface area contributed by atoms with Crippen LogP contribution in [0.5, 0.6) is 5.75 Å². The topological polar surface area (TPSA) is 76.4 Å². The van der Waals surface area contributed by atoms with Gasteiger partial charge in [0.25, 0.3) is 0 Å². The van der Waals surface area contributed by atoms with E-state index in [1.54, 1.807) is 4.68 Å². The van der Waals surface area contributed by atoms with Crippen LogP contribution in [0.4, 0.5) is 0 Å². The van der Waals surface area contributed by atoms with Crippen LogP contribution in [0.2, 0.25) is 0 Å². The number of tetrazole rings is 1. The van der Waals surface area contributed by atoms with Gasteiger partial charge in [-0.2, -0.15) is 0 Å². The number of hydrogen-bond donors (Lipinski definition) is 0. The first kappa shape index (κ1) is 18.9. The second-order valence-corrected chi connectivity index (χ2v) is 7.75. The zero-order valence-corrected chi connectivity index (χ0v) is 16.5. The molecule has 1 aromatic heterocycles. The van der Waals surface area contributed by atoms with E-state index in [2.05, 4.69) is 39.5 Å². The van der Waals surface area contributed by atoms with Crippen molar-refractivity contribution in [3.63, 3.8) is 0 Å². The third-order valence-electron chi connectivity index (χ3n) is 5.54. The van der Waals surface area contributed by atoms with Crippen molar-refractivity contribution in [2.45, 2.75) is 51.8 Å². The molecule has 0 radical (unpaired) electrons. The van der Waals surface area contributed by atoms with E-state index in [4.69, 9.17) is 4.74 Å². The number of aryl methyl sites for hydroxylation is 1. The summed E-state index contributed by atoms with van der Waals surface area (Å²) in [6.45, 7) is 6.56. The maximum atomic E-state index is 12.7. The van der Waals surface area contributed by atoms with Crippen molar-refractivity contribution >= 4 is 5.91 Å². The number of likely N-dealkylation sites (tertiary alicyclic amines) is 2. The van der Waals surface area contributed by atoms with E-state index in [0.29, 0.717) is 19.6 Å². The molecule has 2 aliphatic rings. The number of piperidine rings is 1. The molecule has 3 heterocycles. The van der Waals surface area contributed by atoms with Crippen molar-refractivity contribution in [3.8, 4) is 5.75 Å². The van der Waals surface area contributed by atoms with Crippen LogP contribution in [0.3, 0.4) is 0 Å². The lowest BCUT2D eigenvalue weighted by molar-refractivity contribution is -0.133. The van der Waals surface area contributed by atoms with Crippen molar-refractivity contribution in [3.05, 3.63) is 35.7 Å². The standard InChI is InChI=1S/C20H28N6O2/c1-16-5-4-6-18(13-16)28-17-7-11-25(12-8-17)20(27)15-26-19(21-22-23-26)14-24-9-2-3-10-24/h4-6,13,17H,2-3,7-12,14-15H2,1H3. The number of amides is 1. The van der Waals surface area contributed by atoms with Crippen LogP contribution >= 0.6 is 0 Å². The normalized spacial score (nSPS) is 18.5. The molecule has 0 atom stereocenters. The first-order chi connectivity index (χ1) is 13.7. The van der Waals surface area contributed by atoms with E-state index in [1.807, 2.05) is 17.0 Å². The second kappa shape index (κ2) is 8.68. The van der Waals surface area contributed by atoms with Crippen molar-refractivity contribution in [2.24, 2.45) is 0 Å². The van der Waals surface area contributed by atoms with E-state index in [1.165, 1.54) is 18.4 Å². The smallest absolute Gasteiger partial charge is 0.244 e. The summed E-state index contributed by atoms with van der Waals surface area (Å²) in [6, 6.07) is 8.11. The molecule has 0 saturated carbocycles. The fourth-order valence-corrected chi connectivity index (χ4v) is 3.93. The van der Waals surface area contributed by atoms with Gasteiger partial charge in [0, 0.05) is 25.9 Å². The summed E-state index contributed by atoms with van der Waals surface area (Å²) in [5.41, 5.74) is 1.19. The summed E-state index contributed by atoms with van der Waals surface area (Å²) in [6.07, 6.45) is 4.29. The fraction of sp³-hybridized carbons (Fsp3) is 0.600. The van der Waals surface area contributed by atoms with Gasteiger partial charge < -0.3 is 9.64 Å². The molecule has 0 N–H and O–H groups in total. The third-order valence-corrected chi connectivity index (χ3v) is 5.54. The molecule has 2 saturated heterocycles. The molecule has 1 amide bonds. The van der Waals surface area contributed by atoms with Gasteiger partial charge in [-0.1, -0.05) is 12.1 Å². The predicted octanol–water partition coefficient (Wildman–Crippen LogP) is 1.65. The Labute approximate surface area is 165 Å². The Hall–Kier alpha value is -2.48. The Balaban J connectivity index is 1.27. The molecular weight excluding hydrogens is 356 g/mol. The number of benzene rings is 1. The van der Waals surface area contributed by atoms with E-state index >= 15 is 0 Å². The minimum atomic E-state index is 0.0731. The van der Waals surface area contributed by atoms with Crippen molar-refractivity contribution in [1.29, 1.82) is 0 Å². The van der Waals surface area contributed by atoms with Crippen LogP contribution in [0.15, 0.2) is 24.3 Å². The largest absolute Gasteiger partial charge is 0.490 e. The second-order valence-electron chi connectivity index (χ2n) is 7.75. The van der Waals surface area contributed by atoms with Crippen LogP contribution in [0, 0.1) is 6.92 Å². The first-order valence-electron chi connectivity index (χ1n) is 10.2. The van der Waals surface area contributed by atoms with Crippen LogP contribution in [-0.2, 0) is 17.9 Å². The molecule has 8 nitrogen and oxygen atoms in total. The van der Waals surface area contributed by atoms with Crippen molar-refractivity contribution in [1.82, 2.24) is 30.0 Å². The van der Waals surface area contributed by atoms with Crippen LogP contribution in [0.25, 0.3) is 0 Å². The van der Waals surface area contributed by atoms with Gasteiger partial charge in [0.1, 0.15) is 18.4 Å². The van der Waals surface area contributed by atoms with Gasteiger partial charge in [0.05, 0.1) is 6.54 Å². The molecule has 28 heavy (non-hydrogen) atoms. The van der Waals surface area contributed by atoms with Crippen molar-refractivity contribution < 1.29 is 9.53 Å².